The molecule has 120 valence electrons. The number of nitrogens with one attached hydrogen (secondary N) is 1. The minimum Gasteiger partial charge on any atom is -0.489 e. The lowest BCUT2D eigenvalue weighted by Gasteiger charge is -2.16. The third-order valence-electron chi connectivity index (χ3n) is 2.59. The zero-order chi connectivity index (χ0) is 15.1. The first-order valence-electron chi connectivity index (χ1n) is 6.45. The van der Waals surface area contributed by atoms with Crippen LogP contribution in [0, 0.1) is 5.82 Å². The third-order valence-corrected chi connectivity index (χ3v) is 2.59. The summed E-state index contributed by atoms with van der Waals surface area (Å²) in [6.45, 7) is 3.94. The molecule has 0 saturated heterocycles. The number of carbonyl (C=O) groups is 1. The molecule has 1 rings (SSSR count). The summed E-state index contributed by atoms with van der Waals surface area (Å²) in [5, 5.41) is 2.62. The fourth-order valence-corrected chi connectivity index (χ4v) is 1.63. The molecule has 0 saturated carbocycles. The fraction of sp³-hybridized carbons (Fsp3) is 0.500. The Bertz CT molecular complexity index is 454. The van der Waals surface area contributed by atoms with E-state index in [1.165, 1.54) is 25.3 Å². The van der Waals surface area contributed by atoms with Gasteiger partial charge in [-0.15, -0.1) is 12.4 Å². The summed E-state index contributed by atoms with van der Waals surface area (Å²) in [6.07, 6.45) is -0.338. The molecule has 0 radical (unpaired) electrons. The van der Waals surface area contributed by atoms with E-state index in [4.69, 9.17) is 15.2 Å². The quantitative estimate of drug-likeness (QED) is 0.808. The van der Waals surface area contributed by atoms with E-state index < -0.39 is 5.82 Å². The first-order chi connectivity index (χ1) is 9.46. The van der Waals surface area contributed by atoms with Gasteiger partial charge in [-0.05, 0) is 26.0 Å². The van der Waals surface area contributed by atoms with Gasteiger partial charge in [0.2, 0.25) is 5.91 Å². The molecule has 0 bridgehead atoms. The maximum Gasteiger partial charge on any atom is 0.227 e. The van der Waals surface area contributed by atoms with E-state index in [1.54, 1.807) is 0 Å². The Morgan fingerprint density at radius 1 is 1.43 bits per heavy atom. The number of rotatable bonds is 7. The van der Waals surface area contributed by atoms with E-state index in [1.807, 2.05) is 13.8 Å². The van der Waals surface area contributed by atoms with Gasteiger partial charge in [-0.2, -0.15) is 0 Å². The first kappa shape index (κ1) is 19.6. The van der Waals surface area contributed by atoms with Crippen molar-refractivity contribution in [2.24, 2.45) is 5.73 Å². The van der Waals surface area contributed by atoms with Crippen LogP contribution in [-0.2, 0) is 9.53 Å². The van der Waals surface area contributed by atoms with Crippen molar-refractivity contribution in [1.82, 2.24) is 0 Å². The SMILES string of the molecule is COC(CN)CC(=O)Nc1cc(F)ccc1OC(C)C.Cl. The molecule has 1 aromatic rings. The summed E-state index contributed by atoms with van der Waals surface area (Å²) >= 11 is 0. The third kappa shape index (κ3) is 6.75. The second kappa shape index (κ2) is 9.55. The van der Waals surface area contributed by atoms with Crippen LogP contribution < -0.4 is 15.8 Å². The standard InChI is InChI=1S/C14H21FN2O3.ClH/c1-9(2)20-13-5-4-10(15)6-12(13)17-14(18)7-11(8-16)19-3;/h4-6,9,11H,7-8,16H2,1-3H3,(H,17,18);1H. The molecule has 1 aromatic carbocycles. The van der Waals surface area contributed by atoms with E-state index >= 15 is 0 Å². The van der Waals surface area contributed by atoms with Crippen molar-refractivity contribution in [3.63, 3.8) is 0 Å². The summed E-state index contributed by atoms with van der Waals surface area (Å²) in [5.41, 5.74) is 5.76. The highest BCUT2D eigenvalue weighted by Gasteiger charge is 2.14. The van der Waals surface area contributed by atoms with Crippen LogP contribution in [0.25, 0.3) is 0 Å². The summed E-state index contributed by atoms with van der Waals surface area (Å²) < 4.78 is 23.8. The number of halogens is 2. The summed E-state index contributed by atoms with van der Waals surface area (Å²) in [5.74, 6) is -0.323. The van der Waals surface area contributed by atoms with Crippen LogP contribution in [-0.4, -0.2) is 31.8 Å². The summed E-state index contributed by atoms with van der Waals surface area (Å²) in [4.78, 5) is 11.9. The Kier molecular flexibility index (Phi) is 8.92. The van der Waals surface area contributed by atoms with E-state index in [0.29, 0.717) is 11.4 Å². The molecule has 0 heterocycles. The van der Waals surface area contributed by atoms with Crippen LogP contribution in [0.5, 0.6) is 5.75 Å². The van der Waals surface area contributed by atoms with Crippen LogP contribution in [0.4, 0.5) is 10.1 Å². The van der Waals surface area contributed by atoms with Crippen molar-refractivity contribution in [3.05, 3.63) is 24.0 Å². The predicted molar refractivity (Wildman–Crippen MR) is 82.5 cm³/mol. The van der Waals surface area contributed by atoms with Crippen molar-refractivity contribution in [2.45, 2.75) is 32.5 Å². The Balaban J connectivity index is 0.00000400. The van der Waals surface area contributed by atoms with Gasteiger partial charge in [0, 0.05) is 19.7 Å². The van der Waals surface area contributed by atoms with Gasteiger partial charge in [-0.25, -0.2) is 4.39 Å². The van der Waals surface area contributed by atoms with E-state index in [2.05, 4.69) is 5.32 Å². The maximum absolute atomic E-state index is 13.3. The van der Waals surface area contributed by atoms with Crippen molar-refractivity contribution >= 4 is 24.0 Å². The monoisotopic (exact) mass is 320 g/mol. The summed E-state index contributed by atoms with van der Waals surface area (Å²) in [7, 11) is 1.49. The molecule has 1 atom stereocenters. The van der Waals surface area contributed by atoms with E-state index in [0.717, 1.165) is 0 Å². The molecule has 7 heteroatoms. The summed E-state index contributed by atoms with van der Waals surface area (Å²) in [6, 6.07) is 3.99. The lowest BCUT2D eigenvalue weighted by molar-refractivity contribution is -0.118. The second-order valence-electron chi connectivity index (χ2n) is 4.65. The van der Waals surface area contributed by atoms with Crippen molar-refractivity contribution < 1.29 is 18.7 Å². The van der Waals surface area contributed by atoms with Crippen molar-refractivity contribution in [3.8, 4) is 5.75 Å². The molecule has 0 fully saturated rings. The second-order valence-corrected chi connectivity index (χ2v) is 4.65. The minimum absolute atomic E-state index is 0. The lowest BCUT2D eigenvalue weighted by atomic mass is 10.2. The molecular formula is C14H22ClFN2O3. The highest BCUT2D eigenvalue weighted by molar-refractivity contribution is 5.92. The van der Waals surface area contributed by atoms with Gasteiger partial charge in [-0.1, -0.05) is 0 Å². The predicted octanol–water partition coefficient (Wildman–Crippen LogP) is 2.34. The number of carbonyl (C=O) groups excluding carboxylic acids is 1. The topological polar surface area (TPSA) is 73.6 Å². The van der Waals surface area contributed by atoms with Gasteiger partial charge in [0.25, 0.3) is 0 Å². The molecule has 0 aromatic heterocycles. The molecule has 0 aliphatic rings. The smallest absolute Gasteiger partial charge is 0.227 e. The van der Waals surface area contributed by atoms with Crippen LogP contribution in [0.3, 0.4) is 0 Å². The molecule has 21 heavy (non-hydrogen) atoms. The molecule has 0 spiro atoms. The highest BCUT2D eigenvalue weighted by Crippen LogP contribution is 2.26. The maximum atomic E-state index is 13.3. The van der Waals surface area contributed by atoms with Crippen LogP contribution in [0.15, 0.2) is 18.2 Å². The molecular weight excluding hydrogens is 299 g/mol. The Hall–Kier alpha value is -1.37. The molecule has 1 unspecified atom stereocenters. The fourth-order valence-electron chi connectivity index (χ4n) is 1.63. The molecule has 5 nitrogen and oxygen atoms in total. The zero-order valence-corrected chi connectivity index (χ0v) is 13.2. The average Bonchev–Trinajstić information content (AvgIpc) is 2.38. The highest BCUT2D eigenvalue weighted by atomic mass is 35.5. The number of methoxy groups -OCH3 is 1. The largest absolute Gasteiger partial charge is 0.489 e. The van der Waals surface area contributed by atoms with Crippen LogP contribution in [0.1, 0.15) is 20.3 Å². The molecule has 0 aliphatic heterocycles. The van der Waals surface area contributed by atoms with Crippen molar-refractivity contribution in [1.29, 1.82) is 0 Å². The molecule has 0 aliphatic carbocycles. The number of hydrogen-bond donors (Lipinski definition) is 2. The van der Waals surface area contributed by atoms with Gasteiger partial charge in [0.1, 0.15) is 11.6 Å². The Morgan fingerprint density at radius 2 is 2.10 bits per heavy atom. The molecule has 3 N–H and O–H groups in total. The zero-order valence-electron chi connectivity index (χ0n) is 12.4. The van der Waals surface area contributed by atoms with Crippen molar-refractivity contribution in [2.75, 3.05) is 19.0 Å². The average molecular weight is 321 g/mol. The van der Waals surface area contributed by atoms with Gasteiger partial charge < -0.3 is 20.5 Å². The normalized spacial score (nSPS) is 11.7. The van der Waals surface area contributed by atoms with Gasteiger partial charge in [-0.3, -0.25) is 4.79 Å². The number of benzene rings is 1. The first-order valence-corrected chi connectivity index (χ1v) is 6.45. The number of ether oxygens (including phenoxy) is 2. The van der Waals surface area contributed by atoms with Crippen LogP contribution in [0.2, 0.25) is 0 Å². The number of anilines is 1. The Labute approximate surface area is 130 Å². The number of nitrogens with two attached hydrogens (primary N) is 1. The van der Waals surface area contributed by atoms with E-state index in [9.17, 15) is 9.18 Å². The van der Waals surface area contributed by atoms with Gasteiger partial charge >= 0.3 is 0 Å². The number of hydrogen-bond acceptors (Lipinski definition) is 4. The number of amides is 1. The minimum atomic E-state index is -0.446. The lowest BCUT2D eigenvalue weighted by Crippen LogP contribution is -2.28. The van der Waals surface area contributed by atoms with Gasteiger partial charge in [0.05, 0.1) is 24.3 Å². The Morgan fingerprint density at radius 3 is 2.62 bits per heavy atom. The molecule has 1 amide bonds. The van der Waals surface area contributed by atoms with Crippen LogP contribution >= 0.6 is 12.4 Å². The van der Waals surface area contributed by atoms with E-state index in [-0.39, 0.29) is 43.5 Å². The van der Waals surface area contributed by atoms with Gasteiger partial charge in [0.15, 0.2) is 0 Å².